The second-order valence-corrected chi connectivity index (χ2v) is 9.92. The van der Waals surface area contributed by atoms with Crippen LogP contribution in [0.1, 0.15) is 42.4 Å². The van der Waals surface area contributed by atoms with Gasteiger partial charge in [0.05, 0.1) is 34.9 Å². The number of aryl methyl sites for hydroxylation is 1. The van der Waals surface area contributed by atoms with Crippen molar-refractivity contribution in [2.45, 2.75) is 39.3 Å². The van der Waals surface area contributed by atoms with Crippen molar-refractivity contribution in [2.24, 2.45) is 7.05 Å². The topological polar surface area (TPSA) is 85.7 Å². The van der Waals surface area contributed by atoms with E-state index in [2.05, 4.69) is 10.3 Å². The van der Waals surface area contributed by atoms with E-state index in [1.807, 2.05) is 32.4 Å². The molecule has 1 aliphatic heterocycles. The Hall–Kier alpha value is -2.97. The van der Waals surface area contributed by atoms with Gasteiger partial charge >= 0.3 is 6.09 Å². The van der Waals surface area contributed by atoms with Crippen LogP contribution in [0.5, 0.6) is 5.75 Å². The first kappa shape index (κ1) is 24.2. The number of ether oxygens (including phenoxy) is 2. The summed E-state index contributed by atoms with van der Waals surface area (Å²) in [6.45, 7) is 6.33. The molecule has 0 radical (unpaired) electrons. The molecule has 3 heterocycles. The number of fused-ring (bicyclic) bond motifs is 3. The van der Waals surface area contributed by atoms with Crippen molar-refractivity contribution in [3.05, 3.63) is 51.4 Å². The lowest BCUT2D eigenvalue weighted by molar-refractivity contribution is 0.0223. The van der Waals surface area contributed by atoms with Gasteiger partial charge in [0.1, 0.15) is 11.4 Å². The summed E-state index contributed by atoms with van der Waals surface area (Å²) < 4.78 is 13.2. The molecule has 10 heteroatoms. The molecule has 3 aromatic rings. The van der Waals surface area contributed by atoms with Crippen LogP contribution < -0.4 is 10.1 Å². The Kier molecular flexibility index (Phi) is 6.40. The minimum absolute atomic E-state index is 0.233. The Morgan fingerprint density at radius 1 is 1.15 bits per heavy atom. The molecule has 1 aliphatic rings. The van der Waals surface area contributed by atoms with Crippen LogP contribution in [-0.4, -0.2) is 45.7 Å². The largest absolute Gasteiger partial charge is 0.495 e. The lowest BCUT2D eigenvalue weighted by atomic mass is 10.00. The van der Waals surface area contributed by atoms with Gasteiger partial charge in [0.2, 0.25) is 0 Å². The van der Waals surface area contributed by atoms with Crippen molar-refractivity contribution in [1.82, 2.24) is 14.5 Å². The average Bonchev–Trinajstić information content (AvgIpc) is 3.07. The minimum atomic E-state index is -0.604. The van der Waals surface area contributed by atoms with E-state index in [0.717, 1.165) is 16.8 Å². The number of benzene rings is 1. The smallest absolute Gasteiger partial charge is 0.410 e. The van der Waals surface area contributed by atoms with Gasteiger partial charge in [-0.2, -0.15) is 0 Å². The molecule has 34 heavy (non-hydrogen) atoms. The van der Waals surface area contributed by atoms with Crippen molar-refractivity contribution < 1.29 is 19.1 Å². The number of methoxy groups -OCH3 is 1. The average molecular weight is 505 g/mol. The van der Waals surface area contributed by atoms with Gasteiger partial charge in [-0.3, -0.25) is 9.78 Å². The molecule has 0 saturated heterocycles. The number of hydrogen-bond donors (Lipinski definition) is 1. The van der Waals surface area contributed by atoms with Gasteiger partial charge in [-0.15, -0.1) is 0 Å². The number of carbonyl (C=O) groups is 2. The van der Waals surface area contributed by atoms with E-state index in [1.54, 1.807) is 24.1 Å². The molecule has 0 fully saturated rings. The number of anilines is 1. The predicted octanol–water partition coefficient (Wildman–Crippen LogP) is 5.43. The molecule has 0 bridgehead atoms. The summed E-state index contributed by atoms with van der Waals surface area (Å²) in [5, 5.41) is 3.99. The minimum Gasteiger partial charge on any atom is -0.495 e. The van der Waals surface area contributed by atoms with E-state index in [-0.39, 0.29) is 27.7 Å². The van der Waals surface area contributed by atoms with Gasteiger partial charge in [-0.05, 0) is 32.9 Å². The van der Waals surface area contributed by atoms with E-state index in [1.165, 1.54) is 12.4 Å². The summed E-state index contributed by atoms with van der Waals surface area (Å²) in [6.07, 6.45) is 3.05. The number of nitrogens with one attached hydrogen (secondary N) is 1. The number of amides is 2. The fourth-order valence-electron chi connectivity index (χ4n) is 4.24. The molecule has 1 N–H and O–H groups in total. The van der Waals surface area contributed by atoms with Crippen LogP contribution >= 0.6 is 23.2 Å². The number of rotatable bonds is 3. The van der Waals surface area contributed by atoms with Gasteiger partial charge in [-0.25, -0.2) is 4.79 Å². The Morgan fingerprint density at radius 2 is 1.82 bits per heavy atom. The molecule has 1 aromatic carbocycles. The van der Waals surface area contributed by atoms with Crippen LogP contribution in [0.4, 0.5) is 10.5 Å². The monoisotopic (exact) mass is 504 g/mol. The quantitative estimate of drug-likeness (QED) is 0.513. The molecular formula is C24H26Cl2N4O4. The number of hydrogen-bond acceptors (Lipinski definition) is 5. The molecule has 2 aromatic heterocycles. The van der Waals surface area contributed by atoms with Crippen molar-refractivity contribution in [2.75, 3.05) is 19.0 Å². The maximum Gasteiger partial charge on any atom is 0.410 e. The Balaban J connectivity index is 1.81. The second-order valence-electron chi connectivity index (χ2n) is 9.11. The number of pyridine rings is 1. The first-order chi connectivity index (χ1) is 16.0. The molecule has 180 valence electrons. The summed E-state index contributed by atoms with van der Waals surface area (Å²) in [7, 11) is 3.52. The third kappa shape index (κ3) is 4.40. The van der Waals surface area contributed by atoms with Crippen molar-refractivity contribution in [1.29, 1.82) is 0 Å². The summed E-state index contributed by atoms with van der Waals surface area (Å²) in [4.78, 5) is 31.8. The van der Waals surface area contributed by atoms with E-state index in [0.29, 0.717) is 36.2 Å². The van der Waals surface area contributed by atoms with E-state index < -0.39 is 5.60 Å². The van der Waals surface area contributed by atoms with Crippen LogP contribution in [0.15, 0.2) is 24.5 Å². The Bertz CT molecular complexity index is 1280. The van der Waals surface area contributed by atoms with E-state index >= 15 is 0 Å². The molecule has 0 unspecified atom stereocenters. The molecule has 0 aliphatic carbocycles. The van der Waals surface area contributed by atoms with Crippen LogP contribution in [-0.2, 0) is 24.8 Å². The number of nitrogens with zero attached hydrogens (tertiary/aromatic N) is 3. The highest BCUT2D eigenvalue weighted by Gasteiger charge is 2.31. The number of carbonyl (C=O) groups excluding carboxylic acids is 2. The maximum absolute atomic E-state index is 13.4. The third-order valence-electron chi connectivity index (χ3n) is 5.71. The number of aromatic nitrogens is 2. The van der Waals surface area contributed by atoms with Crippen LogP contribution in [0.25, 0.3) is 10.9 Å². The lowest BCUT2D eigenvalue weighted by Crippen LogP contribution is -2.40. The fraction of sp³-hybridized carbons (Fsp3) is 0.375. The predicted molar refractivity (Wildman–Crippen MR) is 132 cm³/mol. The van der Waals surface area contributed by atoms with Crippen molar-refractivity contribution in [3.8, 4) is 5.75 Å². The van der Waals surface area contributed by atoms with Crippen molar-refractivity contribution >= 4 is 51.8 Å². The van der Waals surface area contributed by atoms with Crippen LogP contribution in [0.2, 0.25) is 10.0 Å². The number of halogens is 2. The highest BCUT2D eigenvalue weighted by atomic mass is 35.5. The van der Waals surface area contributed by atoms with Crippen LogP contribution in [0.3, 0.4) is 0 Å². The normalized spacial score (nSPS) is 13.6. The zero-order chi connectivity index (χ0) is 24.8. The van der Waals surface area contributed by atoms with E-state index in [4.69, 9.17) is 32.7 Å². The molecule has 8 nitrogen and oxygen atoms in total. The lowest BCUT2D eigenvalue weighted by Gasteiger charge is -2.30. The Labute approximate surface area is 207 Å². The summed E-state index contributed by atoms with van der Waals surface area (Å²) in [5.74, 6) is 0.248. The van der Waals surface area contributed by atoms with Gasteiger partial charge < -0.3 is 24.3 Å². The molecular weight excluding hydrogens is 479 g/mol. The fourth-order valence-corrected chi connectivity index (χ4v) is 4.70. The molecule has 2 amide bonds. The summed E-state index contributed by atoms with van der Waals surface area (Å²) in [6, 6.07) is 3.45. The van der Waals surface area contributed by atoms with Gasteiger partial charge in [0.25, 0.3) is 5.91 Å². The summed E-state index contributed by atoms with van der Waals surface area (Å²) in [5.41, 5.74) is 2.79. The first-order valence-electron chi connectivity index (χ1n) is 10.8. The van der Waals surface area contributed by atoms with Crippen molar-refractivity contribution in [3.63, 3.8) is 0 Å². The SMILES string of the molecule is COc1ccc(C(=O)Nc2c(Cl)cncc2Cl)c2c3c(n(C)c12)CCN(C(=O)OC(C)(C)C)C3. The highest BCUT2D eigenvalue weighted by molar-refractivity contribution is 6.40. The first-order valence-corrected chi connectivity index (χ1v) is 11.5. The third-order valence-corrected chi connectivity index (χ3v) is 6.28. The standard InChI is InChI=1S/C24H26Cl2N4O4/c1-24(2,3)34-23(32)30-9-8-17-14(12-30)19-13(6-7-18(33-5)21(19)29(17)4)22(31)28-20-15(25)10-27-11-16(20)26/h6-7,10-11H,8-9,12H2,1-5H3,(H,27,28,31). The highest BCUT2D eigenvalue weighted by Crippen LogP contribution is 2.39. The second kappa shape index (κ2) is 9.00. The maximum atomic E-state index is 13.4. The Morgan fingerprint density at radius 3 is 2.44 bits per heavy atom. The van der Waals surface area contributed by atoms with Gasteiger partial charge in [0.15, 0.2) is 0 Å². The molecule has 0 saturated carbocycles. The zero-order valence-corrected chi connectivity index (χ0v) is 21.2. The molecule has 0 atom stereocenters. The zero-order valence-electron chi connectivity index (χ0n) is 19.7. The summed E-state index contributed by atoms with van der Waals surface area (Å²) >= 11 is 12.4. The molecule has 4 rings (SSSR count). The molecule has 0 spiro atoms. The van der Waals surface area contributed by atoms with Gasteiger partial charge in [-0.1, -0.05) is 23.2 Å². The van der Waals surface area contributed by atoms with E-state index in [9.17, 15) is 9.59 Å². The van der Waals surface area contributed by atoms with Gasteiger partial charge in [0, 0.05) is 54.6 Å². The van der Waals surface area contributed by atoms with Crippen LogP contribution in [0, 0.1) is 0 Å².